The van der Waals surface area contributed by atoms with Gasteiger partial charge in [0.2, 0.25) is 0 Å². The highest BCUT2D eigenvalue weighted by Gasteiger charge is 2.20. The van der Waals surface area contributed by atoms with E-state index in [0.717, 1.165) is 19.5 Å². The number of nitrogens with one attached hydrogen (secondary N) is 2. The molecule has 5 nitrogen and oxygen atoms in total. The molecule has 28 heavy (non-hydrogen) atoms. The summed E-state index contributed by atoms with van der Waals surface area (Å²) in [6.07, 6.45) is 1.03. The third-order valence-electron chi connectivity index (χ3n) is 4.61. The minimum atomic E-state index is -0.102. The average molecular weight is 426 g/mol. The molecule has 1 aliphatic rings. The van der Waals surface area contributed by atoms with Crippen LogP contribution in [0.1, 0.15) is 27.5 Å². The molecule has 0 saturated heterocycles. The summed E-state index contributed by atoms with van der Waals surface area (Å²) in [6, 6.07) is 16.0. The van der Waals surface area contributed by atoms with Gasteiger partial charge in [-0.15, -0.1) is 24.8 Å². The largest absolute Gasteiger partial charge is 0.491 e. The van der Waals surface area contributed by atoms with Gasteiger partial charge in [0.25, 0.3) is 5.91 Å². The van der Waals surface area contributed by atoms with Crippen LogP contribution in [0, 0.1) is 0 Å². The molecule has 0 saturated carbocycles. The van der Waals surface area contributed by atoms with Crippen molar-refractivity contribution < 1.29 is 9.53 Å². The van der Waals surface area contributed by atoms with E-state index >= 15 is 0 Å². The number of nitrogens with zero attached hydrogens (tertiary/aromatic N) is 1. The normalized spacial score (nSPS) is 15.0. The second-order valence-electron chi connectivity index (χ2n) is 6.81. The molecule has 1 atom stereocenters. The number of carbonyl (C=O) groups excluding carboxylic acids is 1. The zero-order chi connectivity index (χ0) is 18.4. The van der Waals surface area contributed by atoms with E-state index in [0.29, 0.717) is 24.5 Å². The smallest absolute Gasteiger partial charge is 0.255 e. The Morgan fingerprint density at radius 2 is 1.86 bits per heavy atom. The number of fused-ring (bicyclic) bond motifs is 1. The molecule has 1 aliphatic heterocycles. The molecular weight excluding hydrogens is 397 g/mol. The predicted molar refractivity (Wildman–Crippen MR) is 118 cm³/mol. The van der Waals surface area contributed by atoms with Crippen molar-refractivity contribution in [1.82, 2.24) is 15.5 Å². The van der Waals surface area contributed by atoms with Crippen LogP contribution >= 0.6 is 24.8 Å². The highest BCUT2D eigenvalue weighted by atomic mass is 35.5. The first-order valence-corrected chi connectivity index (χ1v) is 9.11. The van der Waals surface area contributed by atoms with Crippen molar-refractivity contribution in [3.8, 4) is 5.75 Å². The Labute approximate surface area is 179 Å². The van der Waals surface area contributed by atoms with Crippen molar-refractivity contribution in [2.24, 2.45) is 0 Å². The first-order valence-electron chi connectivity index (χ1n) is 9.11. The van der Waals surface area contributed by atoms with Crippen LogP contribution in [0.2, 0.25) is 0 Å². The molecule has 1 amide bonds. The van der Waals surface area contributed by atoms with Crippen molar-refractivity contribution in [2.45, 2.75) is 12.5 Å². The lowest BCUT2D eigenvalue weighted by molar-refractivity contribution is 0.0944. The summed E-state index contributed by atoms with van der Waals surface area (Å²) in [4.78, 5) is 14.7. The fourth-order valence-electron chi connectivity index (χ4n) is 3.18. The molecule has 2 aromatic rings. The average Bonchev–Trinajstić information content (AvgIpc) is 2.66. The Morgan fingerprint density at radius 3 is 2.64 bits per heavy atom. The van der Waals surface area contributed by atoms with Crippen molar-refractivity contribution in [1.29, 1.82) is 0 Å². The van der Waals surface area contributed by atoms with Gasteiger partial charge in [0, 0.05) is 19.1 Å². The molecular formula is C21H29Cl2N3O2. The van der Waals surface area contributed by atoms with Crippen LogP contribution in [-0.4, -0.2) is 51.1 Å². The van der Waals surface area contributed by atoms with Crippen LogP contribution in [0.25, 0.3) is 0 Å². The molecule has 0 radical (unpaired) electrons. The van der Waals surface area contributed by atoms with Crippen molar-refractivity contribution in [2.75, 3.05) is 40.3 Å². The zero-order valence-electron chi connectivity index (χ0n) is 16.3. The summed E-state index contributed by atoms with van der Waals surface area (Å²) in [5, 5.41) is 6.55. The highest BCUT2D eigenvalue weighted by Crippen LogP contribution is 2.22. The number of carbonyl (C=O) groups is 1. The van der Waals surface area contributed by atoms with Crippen LogP contribution in [-0.2, 0) is 6.42 Å². The predicted octanol–water partition coefficient (Wildman–Crippen LogP) is 3.09. The van der Waals surface area contributed by atoms with Gasteiger partial charge in [-0.25, -0.2) is 0 Å². The molecule has 1 heterocycles. The lowest BCUT2D eigenvalue weighted by Crippen LogP contribution is -2.39. The van der Waals surface area contributed by atoms with Gasteiger partial charge in [0.1, 0.15) is 12.4 Å². The van der Waals surface area contributed by atoms with Gasteiger partial charge in [-0.3, -0.25) is 4.79 Å². The Bertz CT molecular complexity index is 756. The van der Waals surface area contributed by atoms with E-state index in [1.165, 1.54) is 11.1 Å². The maximum absolute atomic E-state index is 12.7. The monoisotopic (exact) mass is 425 g/mol. The molecule has 0 aliphatic carbocycles. The number of amides is 1. The second-order valence-corrected chi connectivity index (χ2v) is 6.81. The number of halogens is 2. The van der Waals surface area contributed by atoms with Gasteiger partial charge in [-0.2, -0.15) is 0 Å². The first-order chi connectivity index (χ1) is 12.6. The quantitative estimate of drug-likeness (QED) is 0.715. The second kappa shape index (κ2) is 11.9. The maximum Gasteiger partial charge on any atom is 0.255 e. The molecule has 0 spiro atoms. The van der Waals surface area contributed by atoms with Crippen LogP contribution in [0.4, 0.5) is 0 Å². The number of ether oxygens (including phenoxy) is 1. The van der Waals surface area contributed by atoms with Gasteiger partial charge in [-0.1, -0.05) is 36.4 Å². The van der Waals surface area contributed by atoms with Gasteiger partial charge >= 0.3 is 0 Å². The van der Waals surface area contributed by atoms with E-state index in [9.17, 15) is 4.79 Å². The third kappa shape index (κ3) is 6.38. The molecule has 3 rings (SSSR count). The van der Waals surface area contributed by atoms with Gasteiger partial charge < -0.3 is 20.3 Å². The lowest BCUT2D eigenvalue weighted by atomic mass is 9.94. The number of likely N-dealkylation sites (N-methyl/N-ethyl adjacent to an activating group) is 1. The molecule has 1 unspecified atom stereocenters. The van der Waals surface area contributed by atoms with Crippen LogP contribution in [0.15, 0.2) is 48.5 Å². The summed E-state index contributed by atoms with van der Waals surface area (Å²) in [7, 11) is 3.99. The summed E-state index contributed by atoms with van der Waals surface area (Å²) >= 11 is 0. The molecule has 154 valence electrons. The Hall–Kier alpha value is -1.79. The van der Waals surface area contributed by atoms with Crippen LogP contribution < -0.4 is 15.4 Å². The van der Waals surface area contributed by atoms with E-state index in [1.807, 2.05) is 38.4 Å². The topological polar surface area (TPSA) is 53.6 Å². The van der Waals surface area contributed by atoms with Crippen molar-refractivity contribution in [3.05, 3.63) is 65.2 Å². The Morgan fingerprint density at radius 1 is 1.14 bits per heavy atom. The van der Waals surface area contributed by atoms with E-state index in [2.05, 4.69) is 39.8 Å². The van der Waals surface area contributed by atoms with Crippen LogP contribution in [0.5, 0.6) is 5.75 Å². The van der Waals surface area contributed by atoms with E-state index < -0.39 is 0 Å². The molecule has 0 bridgehead atoms. The summed E-state index contributed by atoms with van der Waals surface area (Å²) < 4.78 is 5.80. The number of benzene rings is 2. The van der Waals surface area contributed by atoms with E-state index in [-0.39, 0.29) is 36.8 Å². The number of hydrogen-bond donors (Lipinski definition) is 2. The Balaban J connectivity index is 0.00000196. The fourth-order valence-corrected chi connectivity index (χ4v) is 3.18. The summed E-state index contributed by atoms with van der Waals surface area (Å²) in [6.45, 7) is 2.84. The third-order valence-corrected chi connectivity index (χ3v) is 4.61. The number of hydrogen-bond acceptors (Lipinski definition) is 4. The van der Waals surface area contributed by atoms with Crippen LogP contribution in [0.3, 0.4) is 0 Å². The standard InChI is InChI=1S/C21H27N3O2.2ClH/c1-24(2)13-14-26-20-10-6-5-9-18(20)21(25)23-15-19-17-8-4-3-7-16(17)11-12-22-19;;/h3-10,19,22H,11-15H2,1-2H3,(H,23,25);2*1H. The van der Waals surface area contributed by atoms with Crippen molar-refractivity contribution in [3.63, 3.8) is 0 Å². The fraction of sp³-hybridized carbons (Fsp3) is 0.381. The molecule has 2 aromatic carbocycles. The van der Waals surface area contributed by atoms with E-state index in [4.69, 9.17) is 4.74 Å². The highest BCUT2D eigenvalue weighted by molar-refractivity contribution is 5.96. The zero-order valence-corrected chi connectivity index (χ0v) is 17.9. The molecule has 0 fully saturated rings. The molecule has 7 heteroatoms. The number of para-hydroxylation sites is 1. The van der Waals surface area contributed by atoms with Gasteiger partial charge in [-0.05, 0) is 50.3 Å². The minimum Gasteiger partial charge on any atom is -0.491 e. The lowest BCUT2D eigenvalue weighted by Gasteiger charge is -2.27. The molecule has 0 aromatic heterocycles. The minimum absolute atomic E-state index is 0. The van der Waals surface area contributed by atoms with Crippen molar-refractivity contribution >= 4 is 30.7 Å². The van der Waals surface area contributed by atoms with Gasteiger partial charge in [0.15, 0.2) is 0 Å². The van der Waals surface area contributed by atoms with E-state index in [1.54, 1.807) is 0 Å². The summed E-state index contributed by atoms with van der Waals surface area (Å²) in [5.74, 6) is 0.527. The SMILES string of the molecule is CN(C)CCOc1ccccc1C(=O)NCC1NCCc2ccccc21.Cl.Cl. The number of rotatable bonds is 7. The summed E-state index contributed by atoms with van der Waals surface area (Å²) in [5.41, 5.74) is 3.21. The maximum atomic E-state index is 12.7. The van der Waals surface area contributed by atoms with Gasteiger partial charge in [0.05, 0.1) is 5.56 Å². The first kappa shape index (κ1) is 24.2. The Kier molecular flexibility index (Phi) is 10.3. The molecule has 2 N–H and O–H groups in total.